The SMILES string of the molecule is O=S(=O)(NC1CCCCO1)c1ccc(Cl)cc1. The summed E-state index contributed by atoms with van der Waals surface area (Å²) in [5, 5.41) is 0.512. The zero-order chi connectivity index (χ0) is 12.3. The molecule has 1 aliphatic rings. The Bertz CT molecular complexity index is 466. The van der Waals surface area contributed by atoms with E-state index in [1.165, 1.54) is 12.1 Å². The third kappa shape index (κ3) is 3.42. The molecule has 1 aliphatic heterocycles. The number of halogens is 1. The fourth-order valence-electron chi connectivity index (χ4n) is 1.69. The fraction of sp³-hybridized carbons (Fsp3) is 0.455. The quantitative estimate of drug-likeness (QED) is 0.920. The maximum absolute atomic E-state index is 12.0. The summed E-state index contributed by atoms with van der Waals surface area (Å²) in [6.45, 7) is 0.605. The summed E-state index contributed by atoms with van der Waals surface area (Å²) in [6.07, 6.45) is 2.27. The first-order valence-electron chi connectivity index (χ1n) is 5.47. The van der Waals surface area contributed by atoms with Gasteiger partial charge in [0.15, 0.2) is 0 Å². The van der Waals surface area contributed by atoms with Crippen molar-refractivity contribution in [2.24, 2.45) is 0 Å². The number of rotatable bonds is 3. The van der Waals surface area contributed by atoms with Crippen molar-refractivity contribution in [2.45, 2.75) is 30.4 Å². The molecule has 1 N–H and O–H groups in total. The number of sulfonamides is 1. The average Bonchev–Trinajstić information content (AvgIpc) is 2.30. The summed E-state index contributed by atoms with van der Waals surface area (Å²) in [5.41, 5.74) is 0. The smallest absolute Gasteiger partial charge is 0.242 e. The number of hydrogen-bond acceptors (Lipinski definition) is 3. The number of nitrogens with one attached hydrogen (secondary N) is 1. The van der Waals surface area contributed by atoms with Crippen molar-refractivity contribution in [3.63, 3.8) is 0 Å². The summed E-state index contributed by atoms with van der Waals surface area (Å²) in [7, 11) is -3.51. The van der Waals surface area contributed by atoms with Gasteiger partial charge in [-0.25, -0.2) is 8.42 Å². The second kappa shape index (κ2) is 5.35. The van der Waals surface area contributed by atoms with Crippen LogP contribution >= 0.6 is 11.6 Å². The molecule has 0 saturated carbocycles. The van der Waals surface area contributed by atoms with Crippen LogP contribution in [-0.2, 0) is 14.8 Å². The molecule has 1 saturated heterocycles. The highest BCUT2D eigenvalue weighted by atomic mass is 35.5. The first-order valence-corrected chi connectivity index (χ1v) is 7.33. The van der Waals surface area contributed by atoms with Crippen LogP contribution in [0.1, 0.15) is 19.3 Å². The maximum atomic E-state index is 12.0. The first-order chi connectivity index (χ1) is 8.08. The van der Waals surface area contributed by atoms with Crippen LogP contribution in [-0.4, -0.2) is 21.3 Å². The molecule has 6 heteroatoms. The Kier molecular flexibility index (Phi) is 4.04. The first kappa shape index (κ1) is 12.8. The second-order valence-corrected chi connectivity index (χ2v) is 6.08. The normalized spacial score (nSPS) is 21.4. The highest BCUT2D eigenvalue weighted by Gasteiger charge is 2.22. The van der Waals surface area contributed by atoms with E-state index in [9.17, 15) is 8.42 Å². The summed E-state index contributed by atoms with van der Waals surface area (Å²) in [6, 6.07) is 6.07. The third-order valence-electron chi connectivity index (χ3n) is 2.59. The Morgan fingerprint density at radius 3 is 2.53 bits per heavy atom. The lowest BCUT2D eigenvalue weighted by Crippen LogP contribution is -2.38. The van der Waals surface area contributed by atoms with E-state index in [0.717, 1.165) is 12.8 Å². The van der Waals surface area contributed by atoms with Gasteiger partial charge in [0, 0.05) is 11.6 Å². The molecule has 1 fully saturated rings. The molecule has 0 radical (unpaired) electrons. The van der Waals surface area contributed by atoms with Gasteiger partial charge >= 0.3 is 0 Å². The number of hydrogen-bond donors (Lipinski definition) is 1. The molecule has 1 atom stereocenters. The van der Waals surface area contributed by atoms with Crippen molar-refractivity contribution in [1.82, 2.24) is 4.72 Å². The van der Waals surface area contributed by atoms with E-state index in [0.29, 0.717) is 18.1 Å². The van der Waals surface area contributed by atoms with Gasteiger partial charge in [-0.15, -0.1) is 0 Å². The van der Waals surface area contributed by atoms with Crippen LogP contribution in [0.3, 0.4) is 0 Å². The molecule has 1 unspecified atom stereocenters. The zero-order valence-electron chi connectivity index (χ0n) is 9.23. The zero-order valence-corrected chi connectivity index (χ0v) is 10.8. The van der Waals surface area contributed by atoms with Gasteiger partial charge in [-0.3, -0.25) is 0 Å². The van der Waals surface area contributed by atoms with Gasteiger partial charge in [-0.2, -0.15) is 4.72 Å². The summed E-state index contributed by atoms with van der Waals surface area (Å²) in [4.78, 5) is 0.205. The van der Waals surface area contributed by atoms with Crippen molar-refractivity contribution >= 4 is 21.6 Å². The third-order valence-corrected chi connectivity index (χ3v) is 4.31. The number of benzene rings is 1. The van der Waals surface area contributed by atoms with Crippen LogP contribution in [0.2, 0.25) is 5.02 Å². The van der Waals surface area contributed by atoms with E-state index < -0.39 is 16.3 Å². The predicted molar refractivity (Wildman–Crippen MR) is 65.4 cm³/mol. The molecular weight excluding hydrogens is 262 g/mol. The van der Waals surface area contributed by atoms with Crippen LogP contribution in [0.25, 0.3) is 0 Å². The lowest BCUT2D eigenvalue weighted by molar-refractivity contribution is 0.00955. The second-order valence-electron chi connectivity index (χ2n) is 3.93. The van der Waals surface area contributed by atoms with Crippen LogP contribution < -0.4 is 4.72 Å². The Balaban J connectivity index is 2.10. The van der Waals surface area contributed by atoms with E-state index in [1.807, 2.05) is 0 Å². The van der Waals surface area contributed by atoms with Crippen LogP contribution in [0.5, 0.6) is 0 Å². The highest BCUT2D eigenvalue weighted by molar-refractivity contribution is 7.89. The number of ether oxygens (including phenoxy) is 1. The summed E-state index contributed by atoms with van der Waals surface area (Å²) in [5.74, 6) is 0. The molecule has 1 aromatic carbocycles. The Labute approximate surface area is 106 Å². The molecule has 1 heterocycles. The predicted octanol–water partition coefficient (Wildman–Crippen LogP) is 2.14. The van der Waals surface area contributed by atoms with Crippen LogP contribution in [0.4, 0.5) is 0 Å². The largest absolute Gasteiger partial charge is 0.362 e. The molecule has 0 aromatic heterocycles. The van der Waals surface area contributed by atoms with Crippen molar-refractivity contribution < 1.29 is 13.2 Å². The maximum Gasteiger partial charge on any atom is 0.242 e. The molecule has 1 aromatic rings. The van der Waals surface area contributed by atoms with Gasteiger partial charge in [0.2, 0.25) is 10.0 Å². The molecule has 0 amide bonds. The van der Waals surface area contributed by atoms with Gasteiger partial charge in [0.05, 0.1) is 4.90 Å². The van der Waals surface area contributed by atoms with E-state index in [4.69, 9.17) is 16.3 Å². The fourth-order valence-corrected chi connectivity index (χ4v) is 2.98. The molecular formula is C11H14ClNO3S. The van der Waals surface area contributed by atoms with Crippen molar-refractivity contribution in [2.75, 3.05) is 6.61 Å². The van der Waals surface area contributed by atoms with Crippen molar-refractivity contribution in [3.05, 3.63) is 29.3 Å². The molecule has 0 aliphatic carbocycles. The minimum atomic E-state index is -3.51. The standard InChI is InChI=1S/C11H14ClNO3S/c12-9-4-6-10(7-5-9)17(14,15)13-11-3-1-2-8-16-11/h4-7,11,13H,1-3,8H2. The van der Waals surface area contributed by atoms with Crippen LogP contribution in [0.15, 0.2) is 29.2 Å². The van der Waals surface area contributed by atoms with E-state index in [1.54, 1.807) is 12.1 Å². The molecule has 94 valence electrons. The molecule has 17 heavy (non-hydrogen) atoms. The highest BCUT2D eigenvalue weighted by Crippen LogP contribution is 2.17. The van der Waals surface area contributed by atoms with Crippen molar-refractivity contribution in [3.8, 4) is 0 Å². The topological polar surface area (TPSA) is 55.4 Å². The van der Waals surface area contributed by atoms with Crippen molar-refractivity contribution in [1.29, 1.82) is 0 Å². The van der Waals surface area contributed by atoms with Gasteiger partial charge in [0.1, 0.15) is 6.23 Å². The van der Waals surface area contributed by atoms with Gasteiger partial charge in [0.25, 0.3) is 0 Å². The Morgan fingerprint density at radius 2 is 1.94 bits per heavy atom. The minimum Gasteiger partial charge on any atom is -0.362 e. The summed E-state index contributed by atoms with van der Waals surface area (Å²) < 4.78 is 31.8. The van der Waals surface area contributed by atoms with Gasteiger partial charge < -0.3 is 4.74 Å². The molecule has 0 spiro atoms. The Hall–Kier alpha value is -0.620. The average molecular weight is 276 g/mol. The Morgan fingerprint density at radius 1 is 1.24 bits per heavy atom. The molecule has 4 nitrogen and oxygen atoms in total. The lowest BCUT2D eigenvalue weighted by atomic mass is 10.2. The monoisotopic (exact) mass is 275 g/mol. The van der Waals surface area contributed by atoms with E-state index >= 15 is 0 Å². The molecule has 2 rings (SSSR count). The van der Waals surface area contributed by atoms with Crippen LogP contribution in [0, 0.1) is 0 Å². The van der Waals surface area contributed by atoms with Gasteiger partial charge in [-0.05, 0) is 43.5 Å². The lowest BCUT2D eigenvalue weighted by Gasteiger charge is -2.23. The van der Waals surface area contributed by atoms with E-state index in [-0.39, 0.29) is 4.90 Å². The molecule has 0 bridgehead atoms. The van der Waals surface area contributed by atoms with Gasteiger partial charge in [-0.1, -0.05) is 11.6 Å². The van der Waals surface area contributed by atoms with E-state index in [2.05, 4.69) is 4.72 Å². The summed E-state index contributed by atoms with van der Waals surface area (Å²) >= 11 is 5.71. The minimum absolute atomic E-state index is 0.205.